The van der Waals surface area contributed by atoms with Crippen LogP contribution in [0, 0.1) is 11.7 Å². The van der Waals surface area contributed by atoms with E-state index < -0.39 is 23.9 Å². The highest BCUT2D eigenvalue weighted by molar-refractivity contribution is 5.90. The first-order valence-electron chi connectivity index (χ1n) is 10.9. The van der Waals surface area contributed by atoms with Gasteiger partial charge >= 0.3 is 12.1 Å². The zero-order valence-corrected chi connectivity index (χ0v) is 17.6. The fourth-order valence-corrected chi connectivity index (χ4v) is 4.59. The van der Waals surface area contributed by atoms with Crippen molar-refractivity contribution in [1.82, 2.24) is 10.0 Å². The van der Waals surface area contributed by atoms with Gasteiger partial charge in [-0.1, -0.05) is 0 Å². The number of piperidine rings is 2. The predicted octanol–water partition coefficient (Wildman–Crippen LogP) is 4.52. The molecule has 31 heavy (non-hydrogen) atoms. The van der Waals surface area contributed by atoms with Crippen molar-refractivity contribution in [2.24, 2.45) is 5.92 Å². The Bertz CT molecular complexity index is 813. The van der Waals surface area contributed by atoms with Gasteiger partial charge in [-0.05, 0) is 56.1 Å². The molecule has 0 aromatic heterocycles. The number of hydrazine groups is 1. The number of halogens is 4. The number of nitrogens with zero attached hydrogens (tertiary/aromatic N) is 2. The molecule has 0 unspecified atom stereocenters. The summed E-state index contributed by atoms with van der Waals surface area (Å²) >= 11 is 0. The van der Waals surface area contributed by atoms with Crippen molar-refractivity contribution in [3.63, 3.8) is 0 Å². The molecule has 172 valence electrons. The Hall–Kier alpha value is -1.87. The van der Waals surface area contributed by atoms with E-state index in [0.29, 0.717) is 31.8 Å². The van der Waals surface area contributed by atoms with Crippen LogP contribution in [-0.4, -0.2) is 61.6 Å². The molecule has 2 aliphatic heterocycles. The molecule has 0 spiro atoms. The summed E-state index contributed by atoms with van der Waals surface area (Å²) in [6.45, 7) is 1.74. The van der Waals surface area contributed by atoms with Crippen molar-refractivity contribution >= 4 is 5.97 Å². The quantitative estimate of drug-likeness (QED) is 0.493. The second kappa shape index (κ2) is 8.94. The summed E-state index contributed by atoms with van der Waals surface area (Å²) in [4.78, 5) is 11.9. The summed E-state index contributed by atoms with van der Waals surface area (Å²) in [6.07, 6.45) is -0.305. The van der Waals surface area contributed by atoms with Crippen LogP contribution < -0.4 is 4.74 Å². The molecular formula is C22H28F4N2O3. The molecule has 0 N–H and O–H groups in total. The summed E-state index contributed by atoms with van der Waals surface area (Å²) in [5, 5.41) is 3.77. The third-order valence-corrected chi connectivity index (χ3v) is 6.44. The standard InChI is InChI=1S/C22H28F4N2O3/c1-30-21(29)18-10-17(14-6-7-14)20(11-19(18)23)31-16-5-3-9-28(13-16)27-8-2-4-15(12-27)22(24,25)26/h10-11,14-16H,2-9,12-13H2,1H3/t15-,16-/m1/s1. The molecule has 3 aliphatic rings. The molecule has 0 bridgehead atoms. The second-order valence-electron chi connectivity index (χ2n) is 8.72. The maximum absolute atomic E-state index is 14.5. The van der Waals surface area contributed by atoms with E-state index in [-0.39, 0.29) is 30.6 Å². The van der Waals surface area contributed by atoms with Crippen molar-refractivity contribution in [3.05, 3.63) is 29.1 Å². The third-order valence-electron chi connectivity index (χ3n) is 6.44. The van der Waals surface area contributed by atoms with Gasteiger partial charge in [0.15, 0.2) is 0 Å². The Labute approximate surface area is 179 Å². The fourth-order valence-electron chi connectivity index (χ4n) is 4.59. The molecule has 5 nitrogen and oxygen atoms in total. The van der Waals surface area contributed by atoms with E-state index in [9.17, 15) is 22.4 Å². The molecule has 2 heterocycles. The van der Waals surface area contributed by atoms with Gasteiger partial charge in [-0.2, -0.15) is 13.2 Å². The van der Waals surface area contributed by atoms with Gasteiger partial charge in [0.1, 0.15) is 17.7 Å². The van der Waals surface area contributed by atoms with Crippen LogP contribution in [-0.2, 0) is 4.74 Å². The minimum absolute atomic E-state index is 0.0218. The normalized spacial score (nSPS) is 26.0. The summed E-state index contributed by atoms with van der Waals surface area (Å²) in [7, 11) is 1.21. The van der Waals surface area contributed by atoms with E-state index >= 15 is 0 Å². The number of carbonyl (C=O) groups excluding carboxylic acids is 1. The summed E-state index contributed by atoms with van der Waals surface area (Å²) < 4.78 is 64.9. The lowest BCUT2D eigenvalue weighted by molar-refractivity contribution is -0.205. The van der Waals surface area contributed by atoms with E-state index in [1.54, 1.807) is 5.01 Å². The van der Waals surface area contributed by atoms with Gasteiger partial charge in [0, 0.05) is 25.7 Å². The van der Waals surface area contributed by atoms with Crippen LogP contribution in [0.5, 0.6) is 5.75 Å². The molecule has 4 rings (SSSR count). The van der Waals surface area contributed by atoms with Crippen LogP contribution in [0.25, 0.3) is 0 Å². The zero-order chi connectivity index (χ0) is 22.2. The molecule has 1 aromatic rings. The van der Waals surface area contributed by atoms with Gasteiger partial charge in [0.05, 0.1) is 25.1 Å². The van der Waals surface area contributed by atoms with Crippen molar-refractivity contribution < 1.29 is 31.8 Å². The summed E-state index contributed by atoms with van der Waals surface area (Å²) in [5.74, 6) is -2.06. The molecule has 2 saturated heterocycles. The molecule has 9 heteroatoms. The number of hydrogen-bond acceptors (Lipinski definition) is 5. The molecule has 2 atom stereocenters. The van der Waals surface area contributed by atoms with Crippen LogP contribution >= 0.6 is 0 Å². The lowest BCUT2D eigenvalue weighted by atomic mass is 9.98. The van der Waals surface area contributed by atoms with Crippen LogP contribution in [0.15, 0.2) is 12.1 Å². The number of ether oxygens (including phenoxy) is 2. The van der Waals surface area contributed by atoms with Crippen LogP contribution in [0.4, 0.5) is 17.6 Å². The molecule has 1 aromatic carbocycles. The SMILES string of the molecule is COC(=O)c1cc(C2CC2)c(O[C@@H]2CCCN(N3CCC[C@@H](C(F)(F)F)C3)C2)cc1F. The number of benzene rings is 1. The Kier molecular flexibility index (Phi) is 6.44. The first-order chi connectivity index (χ1) is 14.8. The minimum Gasteiger partial charge on any atom is -0.489 e. The van der Waals surface area contributed by atoms with E-state index in [2.05, 4.69) is 4.74 Å². The number of rotatable bonds is 5. The highest BCUT2D eigenvalue weighted by Gasteiger charge is 2.43. The number of alkyl halides is 3. The smallest absolute Gasteiger partial charge is 0.393 e. The lowest BCUT2D eigenvalue weighted by Crippen LogP contribution is -2.55. The van der Waals surface area contributed by atoms with Gasteiger partial charge in [0.25, 0.3) is 0 Å². The third kappa shape index (κ3) is 5.14. The van der Waals surface area contributed by atoms with Crippen molar-refractivity contribution in [1.29, 1.82) is 0 Å². The maximum atomic E-state index is 14.5. The number of carbonyl (C=O) groups is 1. The Morgan fingerprint density at radius 2 is 1.71 bits per heavy atom. The van der Waals surface area contributed by atoms with Crippen LogP contribution in [0.2, 0.25) is 0 Å². The highest BCUT2D eigenvalue weighted by Crippen LogP contribution is 2.45. The van der Waals surface area contributed by atoms with Crippen molar-refractivity contribution in [2.75, 3.05) is 33.3 Å². The van der Waals surface area contributed by atoms with Gasteiger partial charge < -0.3 is 9.47 Å². The predicted molar refractivity (Wildman–Crippen MR) is 105 cm³/mol. The second-order valence-corrected chi connectivity index (χ2v) is 8.72. The summed E-state index contributed by atoms with van der Waals surface area (Å²) in [5.41, 5.74) is 0.697. The Morgan fingerprint density at radius 1 is 1.03 bits per heavy atom. The van der Waals surface area contributed by atoms with Gasteiger partial charge in [0.2, 0.25) is 0 Å². The molecule has 1 saturated carbocycles. The van der Waals surface area contributed by atoms with Crippen molar-refractivity contribution in [3.8, 4) is 5.75 Å². The molecule has 1 aliphatic carbocycles. The Balaban J connectivity index is 1.46. The lowest BCUT2D eigenvalue weighted by Gasteiger charge is -2.44. The molecule has 3 fully saturated rings. The Morgan fingerprint density at radius 3 is 2.35 bits per heavy atom. The first-order valence-corrected chi connectivity index (χ1v) is 10.9. The number of hydrogen-bond donors (Lipinski definition) is 0. The monoisotopic (exact) mass is 444 g/mol. The fraction of sp³-hybridized carbons (Fsp3) is 0.682. The average Bonchev–Trinajstić information content (AvgIpc) is 3.58. The zero-order valence-electron chi connectivity index (χ0n) is 17.6. The van der Waals surface area contributed by atoms with Crippen molar-refractivity contribution in [2.45, 2.75) is 56.7 Å². The summed E-state index contributed by atoms with van der Waals surface area (Å²) in [6, 6.07) is 2.77. The van der Waals surface area contributed by atoms with Crippen LogP contribution in [0.1, 0.15) is 60.4 Å². The average molecular weight is 444 g/mol. The van der Waals surface area contributed by atoms with Gasteiger partial charge in [-0.15, -0.1) is 0 Å². The van der Waals surface area contributed by atoms with E-state index in [1.165, 1.54) is 19.2 Å². The van der Waals surface area contributed by atoms with E-state index in [1.807, 2.05) is 5.01 Å². The molecular weight excluding hydrogens is 416 g/mol. The van der Waals surface area contributed by atoms with E-state index in [0.717, 1.165) is 31.2 Å². The first kappa shape index (κ1) is 22.3. The minimum atomic E-state index is -4.18. The maximum Gasteiger partial charge on any atom is 0.393 e. The molecule has 0 amide bonds. The van der Waals surface area contributed by atoms with E-state index in [4.69, 9.17) is 4.74 Å². The van der Waals surface area contributed by atoms with Gasteiger partial charge in [-0.3, -0.25) is 0 Å². The van der Waals surface area contributed by atoms with Crippen LogP contribution in [0.3, 0.4) is 0 Å². The van der Waals surface area contributed by atoms with Gasteiger partial charge in [-0.25, -0.2) is 19.2 Å². The number of methoxy groups -OCH3 is 1. The topological polar surface area (TPSA) is 42.0 Å². The highest BCUT2D eigenvalue weighted by atomic mass is 19.4. The largest absolute Gasteiger partial charge is 0.489 e. The number of esters is 1. The molecule has 0 radical (unpaired) electrons.